The highest BCUT2D eigenvalue weighted by Gasteiger charge is 2.34. The SMILES string of the molecule is CC[C@@H]1C(=O)N(C)/C(C)=C/N=C(C)N(C)CN1C1CCCC1. The van der Waals surface area contributed by atoms with Crippen LogP contribution in [0.5, 0.6) is 0 Å². The van der Waals surface area contributed by atoms with Crippen LogP contribution in [-0.2, 0) is 4.79 Å². The summed E-state index contributed by atoms with van der Waals surface area (Å²) in [6.07, 6.45) is 7.59. The molecule has 1 aliphatic carbocycles. The van der Waals surface area contributed by atoms with Crippen molar-refractivity contribution in [2.45, 2.75) is 65.0 Å². The van der Waals surface area contributed by atoms with Gasteiger partial charge >= 0.3 is 0 Å². The second-order valence-electron chi connectivity index (χ2n) is 6.56. The van der Waals surface area contributed by atoms with Gasteiger partial charge in [-0.3, -0.25) is 9.69 Å². The molecular formula is C17H30N4O. The minimum atomic E-state index is -0.0511. The Morgan fingerprint density at radius 2 is 1.86 bits per heavy atom. The summed E-state index contributed by atoms with van der Waals surface area (Å²) >= 11 is 0. The minimum Gasteiger partial charge on any atom is -0.350 e. The third-order valence-corrected chi connectivity index (χ3v) is 5.09. The quantitative estimate of drug-likeness (QED) is 0.787. The van der Waals surface area contributed by atoms with Gasteiger partial charge in [-0.05, 0) is 33.1 Å². The second-order valence-corrected chi connectivity index (χ2v) is 6.56. The van der Waals surface area contributed by atoms with Gasteiger partial charge in [-0.15, -0.1) is 0 Å². The van der Waals surface area contributed by atoms with E-state index in [1.165, 1.54) is 25.7 Å². The lowest BCUT2D eigenvalue weighted by Crippen LogP contribution is -2.54. The molecule has 0 N–H and O–H groups in total. The number of carbonyl (C=O) groups excluding carboxylic acids is 1. The van der Waals surface area contributed by atoms with E-state index in [9.17, 15) is 4.79 Å². The highest BCUT2D eigenvalue weighted by molar-refractivity contribution is 5.84. The van der Waals surface area contributed by atoms with Gasteiger partial charge in [0.1, 0.15) is 5.84 Å². The van der Waals surface area contributed by atoms with Gasteiger partial charge < -0.3 is 9.80 Å². The molecule has 5 heteroatoms. The summed E-state index contributed by atoms with van der Waals surface area (Å²) in [4.78, 5) is 23.8. The summed E-state index contributed by atoms with van der Waals surface area (Å²) in [6, 6.07) is 0.464. The molecule has 2 rings (SSSR count). The van der Waals surface area contributed by atoms with Gasteiger partial charge in [-0.1, -0.05) is 19.8 Å². The molecule has 1 saturated carbocycles. The molecule has 0 saturated heterocycles. The highest BCUT2D eigenvalue weighted by Crippen LogP contribution is 2.27. The summed E-state index contributed by atoms with van der Waals surface area (Å²) in [5, 5.41) is 0. The molecule has 1 atom stereocenters. The Balaban J connectivity index is 2.37. The Bertz CT molecular complexity index is 465. The number of amides is 1. The van der Waals surface area contributed by atoms with Crippen LogP contribution in [0.3, 0.4) is 0 Å². The van der Waals surface area contributed by atoms with Gasteiger partial charge in [0, 0.05) is 32.0 Å². The first kappa shape index (κ1) is 17.0. The van der Waals surface area contributed by atoms with E-state index in [-0.39, 0.29) is 11.9 Å². The zero-order chi connectivity index (χ0) is 16.3. The fourth-order valence-corrected chi connectivity index (χ4v) is 3.37. The summed E-state index contributed by atoms with van der Waals surface area (Å²) in [5.41, 5.74) is 0.893. The molecule has 1 heterocycles. The summed E-state index contributed by atoms with van der Waals surface area (Å²) in [7, 11) is 3.92. The normalized spacial score (nSPS) is 28.6. The number of allylic oxidation sites excluding steroid dienone is 1. The zero-order valence-corrected chi connectivity index (χ0v) is 14.7. The summed E-state index contributed by atoms with van der Waals surface area (Å²) in [6.45, 7) is 6.86. The highest BCUT2D eigenvalue weighted by atomic mass is 16.2. The molecule has 0 aromatic rings. The monoisotopic (exact) mass is 306 g/mol. The van der Waals surface area contributed by atoms with Gasteiger partial charge in [-0.2, -0.15) is 0 Å². The maximum Gasteiger partial charge on any atom is 0.243 e. The van der Waals surface area contributed by atoms with Gasteiger partial charge in [-0.25, -0.2) is 4.99 Å². The third-order valence-electron chi connectivity index (χ3n) is 5.09. The lowest BCUT2D eigenvalue weighted by Gasteiger charge is -2.40. The van der Waals surface area contributed by atoms with Crippen molar-refractivity contribution in [2.24, 2.45) is 4.99 Å². The van der Waals surface area contributed by atoms with Crippen molar-refractivity contribution in [3.63, 3.8) is 0 Å². The van der Waals surface area contributed by atoms with Gasteiger partial charge in [0.2, 0.25) is 5.91 Å². The molecule has 0 bridgehead atoms. The molecule has 0 aromatic heterocycles. The van der Waals surface area contributed by atoms with E-state index in [0.29, 0.717) is 6.04 Å². The molecule has 1 fully saturated rings. The summed E-state index contributed by atoms with van der Waals surface area (Å²) < 4.78 is 0. The van der Waals surface area contributed by atoms with Crippen molar-refractivity contribution in [1.82, 2.24) is 14.7 Å². The van der Waals surface area contributed by atoms with Crippen molar-refractivity contribution in [3.05, 3.63) is 11.9 Å². The smallest absolute Gasteiger partial charge is 0.243 e. The molecule has 0 spiro atoms. The second kappa shape index (κ2) is 7.27. The maximum atomic E-state index is 12.9. The Hall–Kier alpha value is -1.36. The lowest BCUT2D eigenvalue weighted by atomic mass is 10.1. The average molecular weight is 306 g/mol. The lowest BCUT2D eigenvalue weighted by molar-refractivity contribution is -0.135. The number of likely N-dealkylation sites (N-methyl/N-ethyl adjacent to an activating group) is 1. The number of nitrogens with zero attached hydrogens (tertiary/aromatic N) is 4. The van der Waals surface area contributed by atoms with Crippen molar-refractivity contribution >= 4 is 11.7 Å². The first-order chi connectivity index (χ1) is 10.5. The van der Waals surface area contributed by atoms with Crippen molar-refractivity contribution in [1.29, 1.82) is 0 Å². The van der Waals surface area contributed by atoms with E-state index in [1.807, 2.05) is 20.9 Å². The van der Waals surface area contributed by atoms with E-state index in [1.54, 1.807) is 11.1 Å². The maximum absolute atomic E-state index is 12.9. The molecule has 1 aliphatic heterocycles. The predicted molar refractivity (Wildman–Crippen MR) is 90.4 cm³/mol. The predicted octanol–water partition coefficient (Wildman–Crippen LogP) is 2.65. The number of hydrogen-bond acceptors (Lipinski definition) is 4. The van der Waals surface area contributed by atoms with E-state index in [2.05, 4.69) is 28.8 Å². The number of amidine groups is 1. The molecule has 2 aliphatic rings. The van der Waals surface area contributed by atoms with Crippen LogP contribution in [0.25, 0.3) is 0 Å². The largest absolute Gasteiger partial charge is 0.350 e. The van der Waals surface area contributed by atoms with Crippen LogP contribution >= 0.6 is 0 Å². The van der Waals surface area contributed by atoms with E-state index < -0.39 is 0 Å². The van der Waals surface area contributed by atoms with Crippen LogP contribution in [0.1, 0.15) is 52.9 Å². The first-order valence-electron chi connectivity index (χ1n) is 8.41. The number of aliphatic imine (C=N–C) groups is 1. The summed E-state index contributed by atoms with van der Waals surface area (Å²) in [5.74, 6) is 1.17. The molecule has 124 valence electrons. The van der Waals surface area contributed by atoms with Gasteiger partial charge in [0.05, 0.1) is 12.7 Å². The molecule has 1 amide bonds. The minimum absolute atomic E-state index is 0.0511. The van der Waals surface area contributed by atoms with Gasteiger partial charge in [0.25, 0.3) is 0 Å². The van der Waals surface area contributed by atoms with Crippen LogP contribution in [0.4, 0.5) is 0 Å². The van der Waals surface area contributed by atoms with Crippen molar-refractivity contribution in [3.8, 4) is 0 Å². The van der Waals surface area contributed by atoms with E-state index in [4.69, 9.17) is 0 Å². The number of hydrogen-bond donors (Lipinski definition) is 0. The van der Waals surface area contributed by atoms with E-state index >= 15 is 0 Å². The standard InChI is InChI=1S/C17H30N4O/c1-6-16-17(22)20(5)13(2)11-18-14(3)19(4)12-21(16)15-9-7-8-10-15/h11,15-16H,6-10,12H2,1-5H3/b13-11+,18-14?/t16-/m1/s1. The van der Waals surface area contributed by atoms with Crippen molar-refractivity contribution in [2.75, 3.05) is 20.8 Å². The fraction of sp³-hybridized carbons (Fsp3) is 0.765. The number of rotatable bonds is 2. The van der Waals surface area contributed by atoms with Crippen LogP contribution in [0.15, 0.2) is 16.9 Å². The fourth-order valence-electron chi connectivity index (χ4n) is 3.37. The first-order valence-corrected chi connectivity index (χ1v) is 8.41. The topological polar surface area (TPSA) is 39.2 Å². The zero-order valence-electron chi connectivity index (χ0n) is 14.7. The van der Waals surface area contributed by atoms with Gasteiger partial charge in [0.15, 0.2) is 0 Å². The van der Waals surface area contributed by atoms with E-state index in [0.717, 1.165) is 24.6 Å². The van der Waals surface area contributed by atoms with Crippen LogP contribution in [0, 0.1) is 0 Å². The van der Waals surface area contributed by atoms with Crippen molar-refractivity contribution < 1.29 is 4.79 Å². The molecule has 0 aromatic carbocycles. The molecule has 0 radical (unpaired) electrons. The average Bonchev–Trinajstić information content (AvgIpc) is 3.04. The Labute approximate surface area is 134 Å². The third kappa shape index (κ3) is 3.51. The molecule has 0 unspecified atom stereocenters. The van der Waals surface area contributed by atoms with Crippen LogP contribution in [-0.4, -0.2) is 59.3 Å². The Kier molecular flexibility index (Phi) is 5.62. The van der Waals surface area contributed by atoms with Crippen LogP contribution < -0.4 is 0 Å². The Morgan fingerprint density at radius 1 is 1.23 bits per heavy atom. The Morgan fingerprint density at radius 3 is 2.45 bits per heavy atom. The number of carbonyl (C=O) groups is 1. The van der Waals surface area contributed by atoms with Crippen LogP contribution in [0.2, 0.25) is 0 Å². The molecule has 22 heavy (non-hydrogen) atoms. The molecular weight excluding hydrogens is 276 g/mol. The molecule has 5 nitrogen and oxygen atoms in total.